The van der Waals surface area contributed by atoms with Crippen molar-refractivity contribution in [2.75, 3.05) is 5.32 Å². The van der Waals surface area contributed by atoms with Crippen molar-refractivity contribution >= 4 is 22.5 Å². The number of alkyl halides is 3. The molecule has 0 fully saturated rings. The number of aromatic nitrogens is 3. The van der Waals surface area contributed by atoms with E-state index < -0.39 is 6.36 Å². The van der Waals surface area contributed by atoms with E-state index in [1.807, 2.05) is 39.0 Å². The van der Waals surface area contributed by atoms with E-state index in [1.54, 1.807) is 29.8 Å². The Kier molecular flexibility index (Phi) is 6.03. The van der Waals surface area contributed by atoms with Crippen molar-refractivity contribution in [1.29, 1.82) is 0 Å². The Morgan fingerprint density at radius 1 is 1.03 bits per heavy atom. The zero-order chi connectivity index (χ0) is 24.6. The number of carbonyl (C=O) groups excluding carboxylic acids is 1. The van der Waals surface area contributed by atoms with Crippen LogP contribution in [-0.2, 0) is 6.54 Å². The number of anilines is 1. The number of amides is 1. The molecule has 9 heteroatoms. The summed E-state index contributed by atoms with van der Waals surface area (Å²) in [6.45, 7) is 7.75. The number of aryl methyl sites for hydroxylation is 3. The Labute approximate surface area is 194 Å². The molecule has 0 radical (unpaired) electrons. The van der Waals surface area contributed by atoms with Gasteiger partial charge >= 0.3 is 6.36 Å². The summed E-state index contributed by atoms with van der Waals surface area (Å²) < 4.78 is 42.7. The van der Waals surface area contributed by atoms with Gasteiger partial charge in [0.1, 0.15) is 5.75 Å². The van der Waals surface area contributed by atoms with E-state index >= 15 is 0 Å². The second-order valence-electron chi connectivity index (χ2n) is 8.18. The van der Waals surface area contributed by atoms with Crippen LogP contribution in [0.2, 0.25) is 0 Å². The first-order valence-corrected chi connectivity index (χ1v) is 10.6. The molecule has 2 aromatic heterocycles. The normalized spacial score (nSPS) is 11.6. The summed E-state index contributed by atoms with van der Waals surface area (Å²) in [6.07, 6.45) is -4.73. The number of benzene rings is 2. The predicted molar refractivity (Wildman–Crippen MR) is 123 cm³/mol. The molecule has 6 nitrogen and oxygen atoms in total. The van der Waals surface area contributed by atoms with Crippen LogP contribution in [0.1, 0.15) is 38.6 Å². The van der Waals surface area contributed by atoms with Crippen LogP contribution in [-0.4, -0.2) is 27.0 Å². The molecule has 0 saturated carbocycles. The molecule has 0 saturated heterocycles. The van der Waals surface area contributed by atoms with Gasteiger partial charge in [-0.25, -0.2) is 0 Å². The lowest BCUT2D eigenvalue weighted by molar-refractivity contribution is -0.274. The number of hydrogen-bond donors (Lipinski definition) is 1. The maximum absolute atomic E-state index is 13.2. The third-order valence-electron chi connectivity index (χ3n) is 5.45. The fourth-order valence-electron chi connectivity index (χ4n) is 3.84. The highest BCUT2D eigenvalue weighted by Gasteiger charge is 2.31. The summed E-state index contributed by atoms with van der Waals surface area (Å²) in [7, 11) is 0. The predicted octanol–water partition coefficient (Wildman–Crippen LogP) is 5.86. The average molecular weight is 468 g/mol. The van der Waals surface area contributed by atoms with Crippen LogP contribution in [0.25, 0.3) is 10.9 Å². The van der Waals surface area contributed by atoms with Gasteiger partial charge in [0, 0.05) is 11.1 Å². The Bertz CT molecular complexity index is 1380. The molecule has 0 aliphatic carbocycles. The number of hydrogen-bond acceptors (Lipinski definition) is 4. The molecular weight excluding hydrogens is 445 g/mol. The zero-order valence-corrected chi connectivity index (χ0v) is 19.1. The van der Waals surface area contributed by atoms with Crippen molar-refractivity contribution in [3.8, 4) is 5.75 Å². The van der Waals surface area contributed by atoms with Gasteiger partial charge in [-0.2, -0.15) is 5.10 Å². The van der Waals surface area contributed by atoms with Crippen LogP contribution in [0.3, 0.4) is 0 Å². The van der Waals surface area contributed by atoms with Gasteiger partial charge in [0.15, 0.2) is 0 Å². The monoisotopic (exact) mass is 468 g/mol. The molecule has 0 bridgehead atoms. The number of nitrogens with zero attached hydrogens (tertiary/aromatic N) is 3. The van der Waals surface area contributed by atoms with Crippen LogP contribution in [0, 0.1) is 27.7 Å². The van der Waals surface area contributed by atoms with E-state index in [1.165, 1.54) is 12.1 Å². The molecule has 1 amide bonds. The lowest BCUT2D eigenvalue weighted by Crippen LogP contribution is -2.17. The number of fused-ring (bicyclic) bond motifs is 1. The maximum Gasteiger partial charge on any atom is 0.573 e. The van der Waals surface area contributed by atoms with Gasteiger partial charge in [0.2, 0.25) is 0 Å². The van der Waals surface area contributed by atoms with Crippen molar-refractivity contribution in [3.63, 3.8) is 0 Å². The molecule has 34 heavy (non-hydrogen) atoms. The Morgan fingerprint density at radius 3 is 2.41 bits per heavy atom. The Balaban J connectivity index is 1.57. The molecule has 4 rings (SSSR count). The van der Waals surface area contributed by atoms with Crippen molar-refractivity contribution in [2.45, 2.75) is 40.6 Å². The standard InChI is InChI=1S/C25H23F3N4O2/c1-14-5-10-22-20(11-14)21(12-15(2)29-22)24(33)30-23-16(3)31-32(17(23)4)13-18-6-8-19(9-7-18)34-25(26,27)28/h5-12H,13H2,1-4H3,(H,30,33). The number of ether oxygens (including phenoxy) is 1. The second-order valence-corrected chi connectivity index (χ2v) is 8.18. The van der Waals surface area contributed by atoms with Gasteiger partial charge in [-0.15, -0.1) is 13.2 Å². The summed E-state index contributed by atoms with van der Waals surface area (Å²) in [5.74, 6) is -0.548. The fraction of sp³-hybridized carbons (Fsp3) is 0.240. The topological polar surface area (TPSA) is 69.0 Å². The van der Waals surface area contributed by atoms with Crippen molar-refractivity contribution in [3.05, 3.63) is 82.3 Å². The molecule has 2 heterocycles. The minimum Gasteiger partial charge on any atom is -0.406 e. The Hall–Kier alpha value is -3.88. The molecule has 0 aliphatic heterocycles. The van der Waals surface area contributed by atoms with Crippen LogP contribution in [0.5, 0.6) is 5.75 Å². The maximum atomic E-state index is 13.2. The van der Waals surface area contributed by atoms with Crippen LogP contribution >= 0.6 is 0 Å². The zero-order valence-electron chi connectivity index (χ0n) is 19.1. The van der Waals surface area contributed by atoms with E-state index in [9.17, 15) is 18.0 Å². The van der Waals surface area contributed by atoms with Crippen LogP contribution < -0.4 is 10.1 Å². The largest absolute Gasteiger partial charge is 0.573 e. The molecule has 0 spiro atoms. The first-order chi connectivity index (χ1) is 16.0. The number of nitrogens with one attached hydrogen (secondary N) is 1. The van der Waals surface area contributed by atoms with Gasteiger partial charge < -0.3 is 10.1 Å². The second kappa shape index (κ2) is 8.81. The SMILES string of the molecule is Cc1ccc2nc(C)cc(C(=O)Nc3c(C)nn(Cc4ccc(OC(F)(F)F)cc4)c3C)c2c1. The first kappa shape index (κ1) is 23.3. The molecular formula is C25H23F3N4O2. The summed E-state index contributed by atoms with van der Waals surface area (Å²) >= 11 is 0. The van der Waals surface area contributed by atoms with Crippen LogP contribution in [0.4, 0.5) is 18.9 Å². The molecule has 0 aliphatic rings. The van der Waals surface area contributed by atoms with Crippen molar-refractivity contribution in [2.24, 2.45) is 0 Å². The third kappa shape index (κ3) is 5.03. The number of pyridine rings is 1. The molecule has 4 aromatic rings. The molecule has 0 atom stereocenters. The van der Waals surface area contributed by atoms with Crippen molar-refractivity contribution in [1.82, 2.24) is 14.8 Å². The molecule has 0 unspecified atom stereocenters. The number of halogens is 3. The van der Waals surface area contributed by atoms with Gasteiger partial charge in [-0.1, -0.05) is 23.8 Å². The highest BCUT2D eigenvalue weighted by atomic mass is 19.4. The summed E-state index contributed by atoms with van der Waals surface area (Å²) in [4.78, 5) is 17.7. The van der Waals surface area contributed by atoms with Gasteiger partial charge in [0.25, 0.3) is 5.91 Å². The van der Waals surface area contributed by atoms with E-state index in [4.69, 9.17) is 0 Å². The van der Waals surface area contributed by atoms with E-state index in [2.05, 4.69) is 20.1 Å². The quantitative estimate of drug-likeness (QED) is 0.398. The fourth-order valence-corrected chi connectivity index (χ4v) is 3.84. The lowest BCUT2D eigenvalue weighted by atomic mass is 10.0. The van der Waals surface area contributed by atoms with Crippen molar-refractivity contribution < 1.29 is 22.7 Å². The Morgan fingerprint density at radius 2 is 1.74 bits per heavy atom. The minimum absolute atomic E-state index is 0.263. The van der Waals surface area contributed by atoms with E-state index in [-0.39, 0.29) is 11.7 Å². The summed E-state index contributed by atoms with van der Waals surface area (Å²) in [5, 5.41) is 8.26. The first-order valence-electron chi connectivity index (χ1n) is 10.6. The lowest BCUT2D eigenvalue weighted by Gasteiger charge is -2.11. The van der Waals surface area contributed by atoms with Crippen LogP contribution in [0.15, 0.2) is 48.5 Å². The van der Waals surface area contributed by atoms with Gasteiger partial charge in [-0.05, 0) is 63.6 Å². The highest BCUT2D eigenvalue weighted by Crippen LogP contribution is 2.26. The summed E-state index contributed by atoms with van der Waals surface area (Å²) in [6, 6.07) is 13.2. The van der Waals surface area contributed by atoms with Gasteiger partial charge in [-0.3, -0.25) is 14.5 Å². The highest BCUT2D eigenvalue weighted by molar-refractivity contribution is 6.12. The average Bonchev–Trinajstić information content (AvgIpc) is 3.01. The van der Waals surface area contributed by atoms with E-state index in [0.29, 0.717) is 23.5 Å². The number of carbonyl (C=O) groups is 1. The number of rotatable bonds is 5. The smallest absolute Gasteiger partial charge is 0.406 e. The van der Waals surface area contributed by atoms with Gasteiger partial charge in [0.05, 0.1) is 34.7 Å². The minimum atomic E-state index is -4.73. The molecule has 2 aromatic carbocycles. The third-order valence-corrected chi connectivity index (χ3v) is 5.45. The summed E-state index contributed by atoms with van der Waals surface area (Å²) in [5.41, 5.74) is 5.74. The molecule has 1 N–H and O–H groups in total. The molecule has 176 valence electrons. The van der Waals surface area contributed by atoms with E-state index in [0.717, 1.165) is 33.4 Å².